The number of nitriles is 1. The lowest BCUT2D eigenvalue weighted by molar-refractivity contribution is -0.118. The number of ether oxygens (including phenoxy) is 2. The van der Waals surface area contributed by atoms with Gasteiger partial charge in [0.25, 0.3) is 11.1 Å². The van der Waals surface area contributed by atoms with Crippen molar-refractivity contribution < 1.29 is 18.7 Å². The summed E-state index contributed by atoms with van der Waals surface area (Å²) in [5, 5.41) is 19.2. The molecular formula is C15H14N4O4S. The highest BCUT2D eigenvalue weighted by atomic mass is 32.2. The minimum Gasteiger partial charge on any atom is -0.485 e. The Labute approximate surface area is 142 Å². The normalized spacial score (nSPS) is 15.5. The minimum absolute atomic E-state index is 0.137. The summed E-state index contributed by atoms with van der Waals surface area (Å²) in [6.07, 6.45) is -0.201. The standard InChI is InChI=1S/C15H14N4O4S/c16-6-3-7-17-13(20)9-24-15-19-18-14(23-15)12-8-21-10-4-1-2-5-11(10)22-12/h1-2,4-5,12H,3,7-9H2,(H,17,20)/t12-/m0/s1. The number of benzene rings is 1. The predicted molar refractivity (Wildman–Crippen MR) is 83.6 cm³/mol. The number of carbonyl (C=O) groups excluding carboxylic acids is 1. The molecule has 1 atom stereocenters. The summed E-state index contributed by atoms with van der Waals surface area (Å²) >= 11 is 1.13. The van der Waals surface area contributed by atoms with Gasteiger partial charge in [0.2, 0.25) is 12.0 Å². The van der Waals surface area contributed by atoms with E-state index in [4.69, 9.17) is 19.2 Å². The Morgan fingerprint density at radius 3 is 3.04 bits per heavy atom. The number of carbonyl (C=O) groups is 1. The Balaban J connectivity index is 1.53. The number of aromatic nitrogens is 2. The quantitative estimate of drug-likeness (QED) is 0.621. The zero-order chi connectivity index (χ0) is 16.8. The van der Waals surface area contributed by atoms with Gasteiger partial charge in [0, 0.05) is 6.54 Å². The van der Waals surface area contributed by atoms with Gasteiger partial charge in [-0.1, -0.05) is 23.9 Å². The van der Waals surface area contributed by atoms with Crippen LogP contribution in [0.15, 0.2) is 33.9 Å². The molecule has 3 rings (SSSR count). The molecule has 0 saturated carbocycles. The number of para-hydroxylation sites is 2. The maximum atomic E-state index is 11.6. The van der Waals surface area contributed by atoms with Crippen molar-refractivity contribution in [3.63, 3.8) is 0 Å². The number of hydrogen-bond donors (Lipinski definition) is 1. The number of nitrogens with one attached hydrogen (secondary N) is 1. The third-order valence-corrected chi connectivity index (χ3v) is 3.91. The third-order valence-electron chi connectivity index (χ3n) is 3.09. The van der Waals surface area contributed by atoms with Crippen LogP contribution in [0.4, 0.5) is 0 Å². The van der Waals surface area contributed by atoms with E-state index in [0.717, 1.165) is 11.8 Å². The maximum absolute atomic E-state index is 11.6. The van der Waals surface area contributed by atoms with Crippen molar-refractivity contribution in [3.8, 4) is 17.6 Å². The molecule has 9 heteroatoms. The highest BCUT2D eigenvalue weighted by molar-refractivity contribution is 7.99. The second kappa shape index (κ2) is 7.70. The molecule has 0 fully saturated rings. The lowest BCUT2D eigenvalue weighted by Crippen LogP contribution is -2.25. The third kappa shape index (κ3) is 3.97. The van der Waals surface area contributed by atoms with Gasteiger partial charge in [0.1, 0.15) is 6.61 Å². The Kier molecular flexibility index (Phi) is 5.18. The van der Waals surface area contributed by atoms with Crippen LogP contribution >= 0.6 is 11.8 Å². The molecule has 0 saturated heterocycles. The molecule has 8 nitrogen and oxygen atoms in total. The van der Waals surface area contributed by atoms with E-state index in [2.05, 4.69) is 15.5 Å². The zero-order valence-electron chi connectivity index (χ0n) is 12.6. The molecule has 1 amide bonds. The summed E-state index contributed by atoms with van der Waals surface area (Å²) < 4.78 is 16.9. The van der Waals surface area contributed by atoms with Crippen LogP contribution in [0.5, 0.6) is 11.5 Å². The summed E-state index contributed by atoms with van der Waals surface area (Å²) in [7, 11) is 0. The van der Waals surface area contributed by atoms with Crippen molar-refractivity contribution in [1.29, 1.82) is 5.26 Å². The van der Waals surface area contributed by atoms with Crippen molar-refractivity contribution in [2.45, 2.75) is 17.7 Å². The summed E-state index contributed by atoms with van der Waals surface area (Å²) in [6, 6.07) is 9.30. The number of thioether (sulfide) groups is 1. The molecule has 0 unspecified atom stereocenters. The SMILES string of the molecule is N#CCCNC(=O)CSc1nnc([C@@H]2COc3ccccc3O2)o1. The average Bonchev–Trinajstić information content (AvgIpc) is 3.09. The van der Waals surface area contributed by atoms with Gasteiger partial charge in [0.15, 0.2) is 11.5 Å². The van der Waals surface area contributed by atoms with Crippen LogP contribution in [-0.4, -0.2) is 35.0 Å². The fourth-order valence-corrected chi connectivity index (χ4v) is 2.59. The van der Waals surface area contributed by atoms with Crippen LogP contribution in [0.1, 0.15) is 18.4 Å². The van der Waals surface area contributed by atoms with Gasteiger partial charge in [0.05, 0.1) is 18.2 Å². The van der Waals surface area contributed by atoms with Crippen LogP contribution < -0.4 is 14.8 Å². The van der Waals surface area contributed by atoms with Gasteiger partial charge in [-0.05, 0) is 12.1 Å². The lowest BCUT2D eigenvalue weighted by Gasteiger charge is -2.23. The van der Waals surface area contributed by atoms with Gasteiger partial charge in [-0.15, -0.1) is 10.2 Å². The first-order valence-corrected chi connectivity index (χ1v) is 8.23. The van der Waals surface area contributed by atoms with Crippen molar-refractivity contribution in [2.75, 3.05) is 18.9 Å². The topological polar surface area (TPSA) is 110 Å². The Hall–Kier alpha value is -2.73. The smallest absolute Gasteiger partial charge is 0.277 e. The molecule has 0 aliphatic carbocycles. The van der Waals surface area contributed by atoms with E-state index in [1.165, 1.54) is 0 Å². The van der Waals surface area contributed by atoms with E-state index in [9.17, 15) is 4.79 Å². The monoisotopic (exact) mass is 346 g/mol. The van der Waals surface area contributed by atoms with Crippen molar-refractivity contribution in [1.82, 2.24) is 15.5 Å². The molecular weight excluding hydrogens is 332 g/mol. The van der Waals surface area contributed by atoms with E-state index in [0.29, 0.717) is 23.9 Å². The number of nitrogens with zero attached hydrogens (tertiary/aromatic N) is 3. The molecule has 1 aromatic carbocycles. The summed E-state index contributed by atoms with van der Waals surface area (Å²) in [4.78, 5) is 11.6. The highest BCUT2D eigenvalue weighted by Crippen LogP contribution is 2.35. The van der Waals surface area contributed by atoms with Crippen LogP contribution in [0, 0.1) is 11.3 Å². The first-order chi connectivity index (χ1) is 11.8. The second-order valence-electron chi connectivity index (χ2n) is 4.82. The van der Waals surface area contributed by atoms with E-state index in [-0.39, 0.29) is 29.9 Å². The molecule has 0 bridgehead atoms. The molecule has 1 aromatic heterocycles. The van der Waals surface area contributed by atoms with Gasteiger partial charge >= 0.3 is 0 Å². The number of amides is 1. The van der Waals surface area contributed by atoms with Gasteiger partial charge in [-0.3, -0.25) is 4.79 Å². The molecule has 1 N–H and O–H groups in total. The molecule has 0 spiro atoms. The van der Waals surface area contributed by atoms with Crippen LogP contribution in [0.2, 0.25) is 0 Å². The fourth-order valence-electron chi connectivity index (χ4n) is 1.99. The van der Waals surface area contributed by atoms with E-state index < -0.39 is 6.10 Å². The first kappa shape index (κ1) is 16.1. The molecule has 24 heavy (non-hydrogen) atoms. The van der Waals surface area contributed by atoms with E-state index in [1.54, 1.807) is 6.07 Å². The first-order valence-electron chi connectivity index (χ1n) is 7.24. The zero-order valence-corrected chi connectivity index (χ0v) is 13.4. The number of fused-ring (bicyclic) bond motifs is 1. The average molecular weight is 346 g/mol. The largest absolute Gasteiger partial charge is 0.485 e. The van der Waals surface area contributed by atoms with Crippen LogP contribution in [0.3, 0.4) is 0 Å². The highest BCUT2D eigenvalue weighted by Gasteiger charge is 2.27. The summed E-state index contributed by atoms with van der Waals surface area (Å²) in [6.45, 7) is 0.607. The lowest BCUT2D eigenvalue weighted by atomic mass is 10.2. The van der Waals surface area contributed by atoms with Crippen molar-refractivity contribution in [3.05, 3.63) is 30.2 Å². The Bertz CT molecular complexity index is 758. The Morgan fingerprint density at radius 1 is 1.38 bits per heavy atom. The summed E-state index contributed by atoms with van der Waals surface area (Å²) in [5.41, 5.74) is 0. The van der Waals surface area contributed by atoms with Crippen molar-refractivity contribution >= 4 is 17.7 Å². The van der Waals surface area contributed by atoms with Gasteiger partial charge in [-0.25, -0.2) is 0 Å². The molecule has 124 valence electrons. The fraction of sp³-hybridized carbons (Fsp3) is 0.333. The maximum Gasteiger partial charge on any atom is 0.277 e. The number of rotatable bonds is 6. The van der Waals surface area contributed by atoms with Crippen LogP contribution in [-0.2, 0) is 4.79 Å². The van der Waals surface area contributed by atoms with Gasteiger partial charge in [-0.2, -0.15) is 5.26 Å². The predicted octanol–water partition coefficient (Wildman–Crippen LogP) is 1.70. The minimum atomic E-state index is -0.480. The molecule has 0 radical (unpaired) electrons. The second-order valence-corrected chi connectivity index (χ2v) is 5.74. The van der Waals surface area contributed by atoms with Gasteiger partial charge < -0.3 is 19.2 Å². The molecule has 2 aromatic rings. The van der Waals surface area contributed by atoms with E-state index in [1.807, 2.05) is 24.3 Å². The Morgan fingerprint density at radius 2 is 2.21 bits per heavy atom. The summed E-state index contributed by atoms with van der Waals surface area (Å²) in [5.74, 6) is 1.55. The van der Waals surface area contributed by atoms with Crippen LogP contribution in [0.25, 0.3) is 0 Å². The molecule has 2 heterocycles. The molecule has 1 aliphatic rings. The number of hydrogen-bond acceptors (Lipinski definition) is 8. The van der Waals surface area contributed by atoms with Crippen molar-refractivity contribution in [2.24, 2.45) is 0 Å². The van der Waals surface area contributed by atoms with E-state index >= 15 is 0 Å². The molecule has 1 aliphatic heterocycles.